The highest BCUT2D eigenvalue weighted by molar-refractivity contribution is 7.92. The van der Waals surface area contributed by atoms with Crippen LogP contribution in [0.25, 0.3) is 0 Å². The molecule has 1 amide bonds. The van der Waals surface area contributed by atoms with Crippen LogP contribution in [0.3, 0.4) is 0 Å². The Bertz CT molecular complexity index is 608. The van der Waals surface area contributed by atoms with Crippen molar-refractivity contribution in [1.82, 2.24) is 0 Å². The molecule has 0 fully saturated rings. The van der Waals surface area contributed by atoms with Crippen molar-refractivity contribution in [3.8, 4) is 0 Å². The Morgan fingerprint density at radius 3 is 2.14 bits per heavy atom. The van der Waals surface area contributed by atoms with Gasteiger partial charge >= 0.3 is 5.97 Å². The van der Waals surface area contributed by atoms with Gasteiger partial charge in [0, 0.05) is 17.3 Å². The van der Waals surface area contributed by atoms with Gasteiger partial charge in [-0.1, -0.05) is 13.8 Å². The summed E-state index contributed by atoms with van der Waals surface area (Å²) in [4.78, 5) is 21.9. The van der Waals surface area contributed by atoms with Crippen molar-refractivity contribution >= 4 is 33.3 Å². The number of carbonyl (C=O) groups excluding carboxylic acids is 1. The van der Waals surface area contributed by atoms with Crippen molar-refractivity contribution in [3.05, 3.63) is 24.3 Å². The third kappa shape index (κ3) is 6.26. The lowest BCUT2D eigenvalue weighted by molar-refractivity contribution is -0.136. The van der Waals surface area contributed by atoms with Gasteiger partial charge in [0.2, 0.25) is 15.9 Å². The predicted octanol–water partition coefficient (Wildman–Crippen LogP) is 1.50. The minimum Gasteiger partial charge on any atom is -0.481 e. The summed E-state index contributed by atoms with van der Waals surface area (Å²) < 4.78 is 25.5. The minimum atomic E-state index is -3.70. The molecule has 8 heteroatoms. The van der Waals surface area contributed by atoms with Crippen LogP contribution < -0.4 is 10.0 Å². The second-order valence-corrected chi connectivity index (χ2v) is 6.63. The summed E-state index contributed by atoms with van der Waals surface area (Å²) >= 11 is 0. The number of nitrogens with one attached hydrogen (secondary N) is 2. The van der Waals surface area contributed by atoms with Crippen LogP contribution in [0.5, 0.6) is 0 Å². The Balaban J connectivity index is 2.66. The topological polar surface area (TPSA) is 113 Å². The van der Waals surface area contributed by atoms with Crippen molar-refractivity contribution < 1.29 is 23.1 Å². The molecule has 0 spiro atoms. The van der Waals surface area contributed by atoms with Gasteiger partial charge in [0.1, 0.15) is 0 Å². The molecule has 0 radical (unpaired) electrons. The number of carboxylic acid groups (broad SMARTS) is 1. The van der Waals surface area contributed by atoms with Gasteiger partial charge in [-0.15, -0.1) is 0 Å². The van der Waals surface area contributed by atoms with Gasteiger partial charge in [0.25, 0.3) is 0 Å². The van der Waals surface area contributed by atoms with Crippen LogP contribution in [0.15, 0.2) is 24.3 Å². The van der Waals surface area contributed by atoms with Gasteiger partial charge < -0.3 is 10.4 Å². The predicted molar refractivity (Wildman–Crippen MR) is 79.6 cm³/mol. The minimum absolute atomic E-state index is 0.134. The summed E-state index contributed by atoms with van der Waals surface area (Å²) in [5.41, 5.74) is 0.866. The molecule has 1 aromatic carbocycles. The normalized spacial score (nSPS) is 11.2. The van der Waals surface area contributed by atoms with E-state index < -0.39 is 28.2 Å². The molecule has 21 heavy (non-hydrogen) atoms. The first-order valence-electron chi connectivity index (χ1n) is 6.33. The van der Waals surface area contributed by atoms with Crippen LogP contribution in [-0.4, -0.2) is 31.2 Å². The molecule has 7 nitrogen and oxygen atoms in total. The van der Waals surface area contributed by atoms with Crippen molar-refractivity contribution in [2.75, 3.05) is 15.8 Å². The van der Waals surface area contributed by atoms with Crippen LogP contribution in [0.4, 0.5) is 11.4 Å². The van der Waals surface area contributed by atoms with E-state index in [0.717, 1.165) is 0 Å². The van der Waals surface area contributed by atoms with Crippen LogP contribution in [0.1, 0.15) is 20.3 Å². The first-order valence-corrected chi connectivity index (χ1v) is 7.98. The molecule has 0 aliphatic carbocycles. The maximum absolute atomic E-state index is 11.6. The molecule has 0 saturated heterocycles. The number of carboxylic acids is 1. The lowest BCUT2D eigenvalue weighted by Crippen LogP contribution is -2.19. The van der Waals surface area contributed by atoms with Gasteiger partial charge in [-0.3, -0.25) is 14.3 Å². The summed E-state index contributed by atoms with van der Waals surface area (Å²) in [6.45, 7) is 3.53. The smallest absolute Gasteiger partial charge is 0.304 e. The molecule has 0 aromatic heterocycles. The van der Waals surface area contributed by atoms with E-state index in [0.29, 0.717) is 11.4 Å². The lowest BCUT2D eigenvalue weighted by Gasteiger charge is -2.10. The van der Waals surface area contributed by atoms with Crippen molar-refractivity contribution in [3.63, 3.8) is 0 Å². The Morgan fingerprint density at radius 1 is 1.14 bits per heavy atom. The van der Waals surface area contributed by atoms with E-state index in [4.69, 9.17) is 5.11 Å². The van der Waals surface area contributed by atoms with E-state index >= 15 is 0 Å². The Kier molecular flexibility index (Phi) is 5.71. The zero-order chi connectivity index (χ0) is 16.0. The largest absolute Gasteiger partial charge is 0.481 e. The summed E-state index contributed by atoms with van der Waals surface area (Å²) in [5.74, 6) is -1.95. The van der Waals surface area contributed by atoms with E-state index in [1.807, 2.05) is 0 Å². The highest BCUT2D eigenvalue weighted by Gasteiger charge is 2.13. The number of aliphatic carboxylic acids is 1. The maximum Gasteiger partial charge on any atom is 0.304 e. The van der Waals surface area contributed by atoms with Gasteiger partial charge in [0.05, 0.1) is 12.2 Å². The van der Waals surface area contributed by atoms with Gasteiger partial charge in [-0.25, -0.2) is 8.42 Å². The second-order valence-electron chi connectivity index (χ2n) is 4.79. The van der Waals surface area contributed by atoms with Crippen molar-refractivity contribution in [2.45, 2.75) is 20.3 Å². The molecule has 0 unspecified atom stereocenters. The highest BCUT2D eigenvalue weighted by atomic mass is 32.2. The third-order valence-electron chi connectivity index (χ3n) is 2.53. The number of benzene rings is 1. The number of carbonyl (C=O) groups is 2. The van der Waals surface area contributed by atoms with Gasteiger partial charge in [-0.05, 0) is 24.3 Å². The second kappa shape index (κ2) is 7.07. The molecular formula is C13H18N2O5S. The van der Waals surface area contributed by atoms with Crippen LogP contribution in [-0.2, 0) is 19.6 Å². The molecule has 0 bridgehead atoms. The van der Waals surface area contributed by atoms with Crippen LogP contribution >= 0.6 is 0 Å². The average molecular weight is 314 g/mol. The number of amides is 1. The van der Waals surface area contributed by atoms with E-state index in [1.54, 1.807) is 26.0 Å². The molecule has 0 atom stereocenters. The number of sulfonamides is 1. The summed E-state index contributed by atoms with van der Waals surface area (Å²) in [6.07, 6.45) is -0.460. The number of anilines is 2. The molecule has 1 rings (SSSR count). The lowest BCUT2D eigenvalue weighted by atomic mass is 10.2. The van der Waals surface area contributed by atoms with E-state index in [-0.39, 0.29) is 11.8 Å². The fraction of sp³-hybridized carbons (Fsp3) is 0.385. The van der Waals surface area contributed by atoms with Gasteiger partial charge in [0.15, 0.2) is 0 Å². The quantitative estimate of drug-likeness (QED) is 0.706. The Hall–Kier alpha value is -2.09. The molecule has 0 aliphatic heterocycles. The molecule has 1 aromatic rings. The fourth-order valence-corrected chi connectivity index (χ4v) is 2.40. The molecule has 116 valence electrons. The van der Waals surface area contributed by atoms with Crippen LogP contribution in [0, 0.1) is 5.92 Å². The average Bonchev–Trinajstić information content (AvgIpc) is 2.38. The van der Waals surface area contributed by atoms with Crippen LogP contribution in [0.2, 0.25) is 0 Å². The third-order valence-corrected chi connectivity index (χ3v) is 3.82. The Labute approximate surface area is 123 Å². The van der Waals surface area contributed by atoms with Crippen molar-refractivity contribution in [2.24, 2.45) is 5.92 Å². The standard InChI is InChI=1S/C13H18N2O5S/c1-9(2)13(18)14-10-3-5-11(6-4-10)15-21(19,20)8-7-12(16)17/h3-6,9,15H,7-8H2,1-2H3,(H,14,18)(H,16,17). The first-order chi connectivity index (χ1) is 9.69. The maximum atomic E-state index is 11.6. The monoisotopic (exact) mass is 314 g/mol. The molecule has 0 heterocycles. The summed E-state index contributed by atoms with van der Waals surface area (Å²) in [6, 6.07) is 6.12. The van der Waals surface area contributed by atoms with Crippen molar-refractivity contribution in [1.29, 1.82) is 0 Å². The van der Waals surface area contributed by atoms with E-state index in [1.165, 1.54) is 12.1 Å². The number of hydrogen-bond donors (Lipinski definition) is 3. The summed E-state index contributed by atoms with van der Waals surface area (Å²) in [5, 5.41) is 11.2. The number of rotatable bonds is 7. The van der Waals surface area contributed by atoms with Gasteiger partial charge in [-0.2, -0.15) is 0 Å². The molecule has 0 aliphatic rings. The molecular weight excluding hydrogens is 296 g/mol. The highest BCUT2D eigenvalue weighted by Crippen LogP contribution is 2.15. The molecule has 0 saturated carbocycles. The first kappa shape index (κ1) is 17.0. The fourth-order valence-electron chi connectivity index (χ4n) is 1.36. The zero-order valence-electron chi connectivity index (χ0n) is 11.8. The van der Waals surface area contributed by atoms with E-state index in [2.05, 4.69) is 10.0 Å². The zero-order valence-corrected chi connectivity index (χ0v) is 12.6. The Morgan fingerprint density at radius 2 is 1.67 bits per heavy atom. The van der Waals surface area contributed by atoms with E-state index in [9.17, 15) is 18.0 Å². The summed E-state index contributed by atoms with van der Waals surface area (Å²) in [7, 11) is -3.70. The number of hydrogen-bond acceptors (Lipinski definition) is 4. The SMILES string of the molecule is CC(C)C(=O)Nc1ccc(NS(=O)(=O)CCC(=O)O)cc1. The molecule has 3 N–H and O–H groups in total.